The van der Waals surface area contributed by atoms with E-state index in [0.29, 0.717) is 5.56 Å². The molecule has 170 valence electrons. The van der Waals surface area contributed by atoms with Gasteiger partial charge in [-0.25, -0.2) is 9.18 Å². The summed E-state index contributed by atoms with van der Waals surface area (Å²) in [6.07, 6.45) is -1.40. The molecule has 1 amide bonds. The smallest absolute Gasteiger partial charge is 0.339 e. The largest absolute Gasteiger partial charge is 0.453 e. The van der Waals surface area contributed by atoms with Crippen molar-refractivity contribution in [2.45, 2.75) is 13.0 Å². The van der Waals surface area contributed by atoms with E-state index < -0.39 is 46.8 Å². The Kier molecular flexibility index (Phi) is 6.14. The predicted octanol–water partition coefficient (Wildman–Crippen LogP) is 3.95. The van der Waals surface area contributed by atoms with E-state index in [-0.39, 0.29) is 22.6 Å². The van der Waals surface area contributed by atoms with Crippen molar-refractivity contribution in [2.75, 3.05) is 5.32 Å². The van der Waals surface area contributed by atoms with E-state index in [2.05, 4.69) is 5.32 Å². The summed E-state index contributed by atoms with van der Waals surface area (Å²) >= 11 is 0. The van der Waals surface area contributed by atoms with Crippen LogP contribution in [0.25, 0.3) is 0 Å². The SMILES string of the molecule is CC(=O)c1cccc(NC(=O)C(=O)[C@H](C(=O)c2ccccc2F)[C@H]2OC(=O)c3ccccc32)c1. The monoisotopic (exact) mass is 459 g/mol. The number of cyclic esters (lactones) is 1. The molecule has 0 bridgehead atoms. The van der Waals surface area contributed by atoms with Crippen LogP contribution < -0.4 is 5.32 Å². The molecule has 0 unspecified atom stereocenters. The summed E-state index contributed by atoms with van der Waals surface area (Å²) in [5, 5.41) is 2.37. The Morgan fingerprint density at radius 1 is 0.941 bits per heavy atom. The zero-order valence-corrected chi connectivity index (χ0v) is 17.9. The highest BCUT2D eigenvalue weighted by molar-refractivity contribution is 6.45. The number of esters is 1. The number of halogens is 1. The quantitative estimate of drug-likeness (QED) is 0.248. The molecule has 34 heavy (non-hydrogen) atoms. The number of carbonyl (C=O) groups excluding carboxylic acids is 5. The first kappa shape index (κ1) is 22.7. The molecule has 1 N–H and O–H groups in total. The van der Waals surface area contributed by atoms with Crippen molar-refractivity contribution >= 4 is 34.9 Å². The molecule has 4 rings (SSSR count). The maximum atomic E-state index is 14.4. The Morgan fingerprint density at radius 3 is 2.38 bits per heavy atom. The number of Topliss-reactive ketones (excluding diaryl/α,β-unsaturated/α-hetero) is 3. The molecule has 3 aromatic carbocycles. The number of ketones is 3. The molecule has 7 nitrogen and oxygen atoms in total. The van der Waals surface area contributed by atoms with Crippen LogP contribution in [0.4, 0.5) is 10.1 Å². The highest BCUT2D eigenvalue weighted by Gasteiger charge is 2.46. The molecule has 0 aliphatic carbocycles. The number of hydrogen-bond acceptors (Lipinski definition) is 6. The number of fused-ring (bicyclic) bond motifs is 1. The van der Waals surface area contributed by atoms with Crippen LogP contribution in [-0.4, -0.2) is 29.2 Å². The predicted molar refractivity (Wildman–Crippen MR) is 119 cm³/mol. The number of hydrogen-bond donors (Lipinski definition) is 1. The summed E-state index contributed by atoms with van der Waals surface area (Å²) < 4.78 is 19.7. The van der Waals surface area contributed by atoms with E-state index in [9.17, 15) is 28.4 Å². The molecule has 8 heteroatoms. The highest BCUT2D eigenvalue weighted by atomic mass is 19.1. The molecule has 0 saturated heterocycles. The Bertz CT molecular complexity index is 1350. The average molecular weight is 459 g/mol. The molecule has 0 aromatic heterocycles. The van der Waals surface area contributed by atoms with Crippen molar-refractivity contribution in [1.82, 2.24) is 0 Å². The first-order valence-corrected chi connectivity index (χ1v) is 10.3. The van der Waals surface area contributed by atoms with Crippen LogP contribution in [0.2, 0.25) is 0 Å². The van der Waals surface area contributed by atoms with Crippen LogP contribution in [0.5, 0.6) is 0 Å². The number of benzene rings is 3. The Hall–Kier alpha value is -4.46. The third kappa shape index (κ3) is 4.25. The molecule has 3 aromatic rings. The van der Waals surface area contributed by atoms with Gasteiger partial charge in [-0.2, -0.15) is 0 Å². The molecule has 0 fully saturated rings. The van der Waals surface area contributed by atoms with Gasteiger partial charge in [-0.05, 0) is 37.3 Å². The van der Waals surface area contributed by atoms with E-state index in [1.165, 1.54) is 55.5 Å². The summed E-state index contributed by atoms with van der Waals surface area (Å²) in [5.74, 6) is -7.08. The van der Waals surface area contributed by atoms with Gasteiger partial charge in [0.2, 0.25) is 5.78 Å². The number of rotatable bonds is 7. The second-order valence-electron chi connectivity index (χ2n) is 7.69. The summed E-state index contributed by atoms with van der Waals surface area (Å²) in [6.45, 7) is 1.35. The van der Waals surface area contributed by atoms with Gasteiger partial charge in [0.05, 0.1) is 11.1 Å². The molecular formula is C26H18FNO6. The van der Waals surface area contributed by atoms with Crippen LogP contribution >= 0.6 is 0 Å². The third-order valence-electron chi connectivity index (χ3n) is 5.48. The fourth-order valence-electron chi connectivity index (χ4n) is 3.79. The van der Waals surface area contributed by atoms with Gasteiger partial charge in [0, 0.05) is 16.8 Å². The van der Waals surface area contributed by atoms with Crippen LogP contribution in [0.1, 0.15) is 49.7 Å². The lowest BCUT2D eigenvalue weighted by atomic mass is 9.84. The number of anilines is 1. The topological polar surface area (TPSA) is 107 Å². The number of ether oxygens (including phenoxy) is 1. The van der Waals surface area contributed by atoms with Crippen LogP contribution in [0, 0.1) is 11.7 Å². The summed E-state index contributed by atoms with van der Waals surface area (Å²) in [6, 6.07) is 17.1. The zero-order chi connectivity index (χ0) is 24.4. The highest BCUT2D eigenvalue weighted by Crippen LogP contribution is 2.38. The van der Waals surface area contributed by atoms with Gasteiger partial charge in [-0.1, -0.05) is 42.5 Å². The van der Waals surface area contributed by atoms with E-state index in [1.54, 1.807) is 18.2 Å². The Labute approximate surface area is 193 Å². The molecule has 1 aliphatic rings. The second-order valence-corrected chi connectivity index (χ2v) is 7.69. The average Bonchev–Trinajstić information content (AvgIpc) is 3.15. The van der Waals surface area contributed by atoms with Gasteiger partial charge in [-0.3, -0.25) is 19.2 Å². The standard InChI is InChI=1S/C26H18FNO6/c1-14(29)15-7-6-8-16(13-15)28-25(32)23(31)21(22(30)19-11-4-5-12-20(19)27)24-17-9-2-3-10-18(17)26(33)34-24/h2-13,21,24H,1H3,(H,28,32)/t21-,24-/m0/s1. The molecule has 0 spiro atoms. The molecule has 0 saturated carbocycles. The van der Waals surface area contributed by atoms with E-state index in [4.69, 9.17) is 4.74 Å². The third-order valence-corrected chi connectivity index (χ3v) is 5.48. The van der Waals surface area contributed by atoms with Gasteiger partial charge in [0.15, 0.2) is 11.6 Å². The fraction of sp³-hybridized carbons (Fsp3) is 0.115. The molecule has 0 radical (unpaired) electrons. The maximum absolute atomic E-state index is 14.4. The lowest BCUT2D eigenvalue weighted by molar-refractivity contribution is -0.138. The number of carbonyl (C=O) groups is 5. The molecule has 2 atom stereocenters. The maximum Gasteiger partial charge on any atom is 0.339 e. The Morgan fingerprint density at radius 2 is 1.65 bits per heavy atom. The van der Waals surface area contributed by atoms with E-state index in [0.717, 1.165) is 6.07 Å². The van der Waals surface area contributed by atoms with Gasteiger partial charge >= 0.3 is 5.97 Å². The molecular weight excluding hydrogens is 441 g/mol. The van der Waals surface area contributed by atoms with Crippen LogP contribution in [0.15, 0.2) is 72.8 Å². The van der Waals surface area contributed by atoms with Gasteiger partial charge in [0.25, 0.3) is 5.91 Å². The molecule has 1 aliphatic heterocycles. The minimum Gasteiger partial charge on any atom is -0.453 e. The van der Waals surface area contributed by atoms with Gasteiger partial charge < -0.3 is 10.1 Å². The normalized spacial score (nSPS) is 15.1. The van der Waals surface area contributed by atoms with E-state index >= 15 is 0 Å². The van der Waals surface area contributed by atoms with Crippen molar-refractivity contribution in [3.63, 3.8) is 0 Å². The number of nitrogens with one attached hydrogen (secondary N) is 1. The van der Waals surface area contributed by atoms with Crippen molar-refractivity contribution in [2.24, 2.45) is 5.92 Å². The first-order valence-electron chi connectivity index (χ1n) is 10.3. The number of amides is 1. The van der Waals surface area contributed by atoms with Crippen molar-refractivity contribution in [1.29, 1.82) is 0 Å². The minimum atomic E-state index is -1.82. The van der Waals surface area contributed by atoms with Crippen molar-refractivity contribution in [3.8, 4) is 0 Å². The zero-order valence-electron chi connectivity index (χ0n) is 17.9. The van der Waals surface area contributed by atoms with Crippen LogP contribution in [-0.2, 0) is 14.3 Å². The molecule has 1 heterocycles. The van der Waals surface area contributed by atoms with E-state index in [1.807, 2.05) is 0 Å². The van der Waals surface area contributed by atoms with Gasteiger partial charge in [-0.15, -0.1) is 0 Å². The Balaban J connectivity index is 1.72. The lowest BCUT2D eigenvalue weighted by Crippen LogP contribution is -2.38. The van der Waals surface area contributed by atoms with Crippen molar-refractivity contribution in [3.05, 3.63) is 101 Å². The second kappa shape index (κ2) is 9.19. The fourth-order valence-corrected chi connectivity index (χ4v) is 3.79. The van der Waals surface area contributed by atoms with Crippen molar-refractivity contribution < 1.29 is 33.1 Å². The van der Waals surface area contributed by atoms with Gasteiger partial charge in [0.1, 0.15) is 17.8 Å². The van der Waals surface area contributed by atoms with Crippen LogP contribution in [0.3, 0.4) is 0 Å². The lowest BCUT2D eigenvalue weighted by Gasteiger charge is -2.21. The summed E-state index contributed by atoms with van der Waals surface area (Å²) in [7, 11) is 0. The summed E-state index contributed by atoms with van der Waals surface area (Å²) in [4.78, 5) is 63.4. The minimum absolute atomic E-state index is 0.154. The first-order chi connectivity index (χ1) is 16.3. The summed E-state index contributed by atoms with van der Waals surface area (Å²) in [5.41, 5.74) is 0.464.